The number of rotatable bonds is 5. The highest BCUT2D eigenvalue weighted by Crippen LogP contribution is 2.48. The SMILES string of the molecule is OCCOc1c(-c2cccc3c2sc2ccccc23)cccc1-c1cccc2c1sc1ccccc12. The van der Waals surface area contributed by atoms with Crippen LogP contribution in [0, 0.1) is 0 Å². The fourth-order valence-corrected chi connectivity index (χ4v) is 7.64. The predicted molar refractivity (Wildman–Crippen MR) is 156 cm³/mol. The molecule has 0 radical (unpaired) electrons. The molecule has 2 aromatic heterocycles. The average Bonchev–Trinajstić information content (AvgIpc) is 3.50. The van der Waals surface area contributed by atoms with Crippen molar-refractivity contribution in [3.05, 3.63) is 103 Å². The van der Waals surface area contributed by atoms with Crippen molar-refractivity contribution in [1.29, 1.82) is 0 Å². The molecular weight excluding hydrogens is 480 g/mol. The number of fused-ring (bicyclic) bond motifs is 6. The van der Waals surface area contributed by atoms with E-state index in [1.807, 2.05) is 22.7 Å². The van der Waals surface area contributed by atoms with Crippen LogP contribution in [-0.4, -0.2) is 18.3 Å². The Balaban J connectivity index is 1.51. The highest BCUT2D eigenvalue weighted by Gasteiger charge is 2.19. The van der Waals surface area contributed by atoms with Crippen LogP contribution in [0.15, 0.2) is 103 Å². The first kappa shape index (κ1) is 21.6. The second-order valence-corrected chi connectivity index (χ2v) is 10.9. The zero-order chi connectivity index (χ0) is 24.1. The summed E-state index contributed by atoms with van der Waals surface area (Å²) >= 11 is 3.64. The molecule has 0 aliphatic rings. The summed E-state index contributed by atoms with van der Waals surface area (Å²) in [4.78, 5) is 0. The van der Waals surface area contributed by atoms with E-state index in [1.165, 1.54) is 40.3 Å². The van der Waals surface area contributed by atoms with E-state index in [4.69, 9.17) is 4.74 Å². The number of benzene rings is 5. The van der Waals surface area contributed by atoms with Crippen molar-refractivity contribution < 1.29 is 9.84 Å². The maximum Gasteiger partial charge on any atom is 0.135 e. The van der Waals surface area contributed by atoms with Crippen LogP contribution in [0.25, 0.3) is 62.6 Å². The molecule has 0 aliphatic carbocycles. The minimum atomic E-state index is -0.0338. The summed E-state index contributed by atoms with van der Waals surface area (Å²) in [5.74, 6) is 0.821. The summed E-state index contributed by atoms with van der Waals surface area (Å²) < 4.78 is 11.4. The van der Waals surface area contributed by atoms with Gasteiger partial charge in [0.25, 0.3) is 0 Å². The molecule has 7 aromatic rings. The molecule has 174 valence electrons. The summed E-state index contributed by atoms with van der Waals surface area (Å²) in [6.45, 7) is 0.211. The van der Waals surface area contributed by atoms with Gasteiger partial charge in [0.15, 0.2) is 0 Å². The summed E-state index contributed by atoms with van der Waals surface area (Å²) in [5.41, 5.74) is 4.42. The lowest BCUT2D eigenvalue weighted by Crippen LogP contribution is -2.04. The van der Waals surface area contributed by atoms with Crippen LogP contribution in [0.2, 0.25) is 0 Å². The normalized spacial score (nSPS) is 11.7. The van der Waals surface area contributed by atoms with Gasteiger partial charge in [-0.15, -0.1) is 22.7 Å². The van der Waals surface area contributed by atoms with E-state index in [-0.39, 0.29) is 13.2 Å². The Kier molecular flexibility index (Phi) is 5.24. The lowest BCUT2D eigenvalue weighted by atomic mass is 9.95. The standard InChI is InChI=1S/C32H22O2S2/c33-18-19-34-30-22(26-14-6-12-24-20-8-1-3-16-28(20)35-31(24)26)10-5-11-23(30)27-15-7-13-25-21-9-2-4-17-29(21)36-32(25)27/h1-17,33H,18-19H2. The molecule has 36 heavy (non-hydrogen) atoms. The van der Waals surface area contributed by atoms with Crippen molar-refractivity contribution in [1.82, 2.24) is 0 Å². The summed E-state index contributed by atoms with van der Waals surface area (Å²) in [7, 11) is 0. The molecule has 0 aliphatic heterocycles. The summed E-state index contributed by atoms with van der Waals surface area (Å²) in [6, 6.07) is 36.6. The molecular formula is C32H22O2S2. The van der Waals surface area contributed by atoms with Crippen LogP contribution in [0.1, 0.15) is 0 Å². The van der Waals surface area contributed by atoms with Gasteiger partial charge >= 0.3 is 0 Å². The third-order valence-electron chi connectivity index (χ3n) is 6.74. The van der Waals surface area contributed by atoms with Crippen molar-refractivity contribution in [2.24, 2.45) is 0 Å². The van der Waals surface area contributed by atoms with Gasteiger partial charge in [-0.2, -0.15) is 0 Å². The van der Waals surface area contributed by atoms with Gasteiger partial charge in [-0.05, 0) is 12.1 Å². The van der Waals surface area contributed by atoms with Crippen molar-refractivity contribution in [2.75, 3.05) is 13.2 Å². The Morgan fingerprint density at radius 3 is 1.47 bits per heavy atom. The van der Waals surface area contributed by atoms with Gasteiger partial charge in [0.1, 0.15) is 12.4 Å². The number of hydrogen-bond donors (Lipinski definition) is 1. The van der Waals surface area contributed by atoms with Gasteiger partial charge in [-0.3, -0.25) is 0 Å². The molecule has 2 nitrogen and oxygen atoms in total. The first-order valence-corrected chi connectivity index (χ1v) is 13.6. The van der Waals surface area contributed by atoms with Crippen molar-refractivity contribution in [3.63, 3.8) is 0 Å². The Labute approximate surface area is 216 Å². The van der Waals surface area contributed by atoms with Crippen LogP contribution in [0.4, 0.5) is 0 Å². The molecule has 1 N–H and O–H groups in total. The topological polar surface area (TPSA) is 29.5 Å². The molecule has 0 fully saturated rings. The van der Waals surface area contributed by atoms with E-state index in [2.05, 4.69) is 103 Å². The molecule has 0 unspecified atom stereocenters. The predicted octanol–water partition coefficient (Wildman–Crippen LogP) is 9.13. The van der Waals surface area contributed by atoms with Crippen LogP contribution < -0.4 is 4.74 Å². The largest absolute Gasteiger partial charge is 0.490 e. The van der Waals surface area contributed by atoms with E-state index in [0.29, 0.717) is 0 Å². The fourth-order valence-electron chi connectivity index (χ4n) is 5.18. The van der Waals surface area contributed by atoms with E-state index in [0.717, 1.165) is 28.0 Å². The lowest BCUT2D eigenvalue weighted by Gasteiger charge is -2.17. The van der Waals surface area contributed by atoms with Crippen LogP contribution >= 0.6 is 22.7 Å². The van der Waals surface area contributed by atoms with Crippen LogP contribution in [-0.2, 0) is 0 Å². The van der Waals surface area contributed by atoms with E-state index < -0.39 is 0 Å². The third-order valence-corrected chi connectivity index (χ3v) is 9.18. The number of para-hydroxylation sites is 1. The number of aliphatic hydroxyl groups excluding tert-OH is 1. The smallest absolute Gasteiger partial charge is 0.135 e. The van der Waals surface area contributed by atoms with E-state index in [9.17, 15) is 5.11 Å². The summed E-state index contributed by atoms with van der Waals surface area (Å²) in [6.07, 6.45) is 0. The first-order chi connectivity index (χ1) is 17.8. The Morgan fingerprint density at radius 2 is 0.944 bits per heavy atom. The Morgan fingerprint density at radius 1 is 0.500 bits per heavy atom. The van der Waals surface area contributed by atoms with Crippen molar-refractivity contribution in [2.45, 2.75) is 0 Å². The van der Waals surface area contributed by atoms with E-state index in [1.54, 1.807) is 0 Å². The van der Waals surface area contributed by atoms with Gasteiger partial charge in [0.05, 0.1) is 6.61 Å². The molecule has 0 atom stereocenters. The second kappa shape index (κ2) is 8.75. The van der Waals surface area contributed by atoms with Crippen molar-refractivity contribution in [3.8, 4) is 28.0 Å². The molecule has 0 spiro atoms. The zero-order valence-corrected chi connectivity index (χ0v) is 21.0. The molecule has 4 heteroatoms. The van der Waals surface area contributed by atoms with Gasteiger partial charge < -0.3 is 9.84 Å². The third kappa shape index (κ3) is 3.34. The summed E-state index contributed by atoms with van der Waals surface area (Å²) in [5, 5.41) is 14.7. The average molecular weight is 503 g/mol. The maximum absolute atomic E-state index is 9.66. The quantitative estimate of drug-likeness (QED) is 0.254. The molecule has 0 saturated carbocycles. The second-order valence-electron chi connectivity index (χ2n) is 8.82. The number of ether oxygens (including phenoxy) is 1. The van der Waals surface area contributed by atoms with Gasteiger partial charge in [-0.25, -0.2) is 0 Å². The molecule has 2 heterocycles. The highest BCUT2D eigenvalue weighted by molar-refractivity contribution is 7.26. The maximum atomic E-state index is 9.66. The molecule has 0 amide bonds. The van der Waals surface area contributed by atoms with Gasteiger partial charge in [-0.1, -0.05) is 91.0 Å². The Hall–Kier alpha value is -3.70. The van der Waals surface area contributed by atoms with Crippen LogP contribution in [0.3, 0.4) is 0 Å². The minimum absolute atomic E-state index is 0.0338. The lowest BCUT2D eigenvalue weighted by molar-refractivity contribution is 0.202. The number of hydrogen-bond acceptors (Lipinski definition) is 4. The first-order valence-electron chi connectivity index (χ1n) is 12.0. The molecule has 7 rings (SSSR count). The zero-order valence-electron chi connectivity index (χ0n) is 19.4. The Bertz CT molecular complexity index is 1760. The number of aliphatic hydroxyl groups is 1. The highest BCUT2D eigenvalue weighted by atomic mass is 32.1. The minimum Gasteiger partial charge on any atom is -0.490 e. The van der Waals surface area contributed by atoms with Gasteiger partial charge in [0.2, 0.25) is 0 Å². The van der Waals surface area contributed by atoms with E-state index >= 15 is 0 Å². The van der Waals surface area contributed by atoms with Crippen LogP contribution in [0.5, 0.6) is 5.75 Å². The monoisotopic (exact) mass is 502 g/mol. The number of thiophene rings is 2. The molecule has 5 aromatic carbocycles. The molecule has 0 bridgehead atoms. The fraction of sp³-hybridized carbons (Fsp3) is 0.0625. The molecule has 0 saturated heterocycles. The van der Waals surface area contributed by atoms with Crippen molar-refractivity contribution >= 4 is 63.0 Å². The van der Waals surface area contributed by atoms with Gasteiger partial charge in [0, 0.05) is 62.6 Å².